The Labute approximate surface area is 213 Å². The van der Waals surface area contributed by atoms with E-state index in [-0.39, 0.29) is 41.7 Å². The summed E-state index contributed by atoms with van der Waals surface area (Å²) < 4.78 is 72.6. The van der Waals surface area contributed by atoms with Gasteiger partial charge in [0.2, 0.25) is 0 Å². The average Bonchev–Trinajstić information content (AvgIpc) is 3.16. The minimum absolute atomic E-state index is 0.0454. The number of nitrogens with zero attached hydrogens (tertiary/aromatic N) is 4. The van der Waals surface area contributed by atoms with E-state index in [1.54, 1.807) is 39.1 Å². The molecule has 1 saturated heterocycles. The van der Waals surface area contributed by atoms with E-state index in [0.717, 1.165) is 12.1 Å². The van der Waals surface area contributed by atoms with Crippen molar-refractivity contribution in [3.63, 3.8) is 0 Å². The highest BCUT2D eigenvalue weighted by Crippen LogP contribution is 2.32. The number of nitrogens with one attached hydrogen (secondary N) is 2. The Hall–Kier alpha value is -3.91. The molecule has 5 rings (SSSR count). The lowest BCUT2D eigenvalue weighted by molar-refractivity contribution is -0.274. The van der Waals surface area contributed by atoms with Gasteiger partial charge in [-0.25, -0.2) is 13.8 Å². The molecule has 202 valence electrons. The molecule has 0 aliphatic carbocycles. The number of aromatic nitrogens is 5. The van der Waals surface area contributed by atoms with Gasteiger partial charge in [0.15, 0.2) is 23.0 Å². The Balaban J connectivity index is 1.44. The van der Waals surface area contributed by atoms with Gasteiger partial charge in [-0.05, 0) is 45.0 Å². The fourth-order valence-electron chi connectivity index (χ4n) is 4.10. The number of halogens is 4. The summed E-state index contributed by atoms with van der Waals surface area (Å²) in [4.78, 5) is 18.3. The van der Waals surface area contributed by atoms with Crippen LogP contribution in [-0.2, 0) is 21.6 Å². The van der Waals surface area contributed by atoms with Gasteiger partial charge in [0.05, 0.1) is 24.5 Å². The van der Waals surface area contributed by atoms with E-state index < -0.39 is 42.0 Å². The molecule has 0 spiro atoms. The average molecular weight is 536 g/mol. The summed E-state index contributed by atoms with van der Waals surface area (Å²) in [6.45, 7) is 1.48. The summed E-state index contributed by atoms with van der Waals surface area (Å²) in [6, 6.07) is 6.65. The number of carbonyl (C=O) groups is 1. The molecular formula is C24H24F4N6O4. The van der Waals surface area contributed by atoms with Gasteiger partial charge in [-0.2, -0.15) is 8.78 Å². The standard InChI is InChI=1S/C24H24F4N6O4/c1-13-18(20(35)30-24(11-37-23(2,3)38-12-24)21-31-34(32-21)22(27)28)33-9-5-8-17(19(33)29-13)36-10-14-15(25)6-4-7-16(14)26/h4-9,22H,10-12H2,1-3H3,(H,30,35)(H,31,32). The van der Waals surface area contributed by atoms with Crippen LogP contribution in [-0.4, -0.2) is 49.3 Å². The molecule has 4 heterocycles. The molecule has 3 aromatic heterocycles. The molecule has 0 bridgehead atoms. The predicted molar refractivity (Wildman–Crippen MR) is 124 cm³/mol. The number of alkyl halides is 2. The van der Waals surface area contributed by atoms with Crippen molar-refractivity contribution in [2.24, 2.45) is 0 Å². The lowest BCUT2D eigenvalue weighted by Gasteiger charge is -2.43. The van der Waals surface area contributed by atoms with Crippen molar-refractivity contribution in [1.82, 2.24) is 29.7 Å². The SMILES string of the molecule is Cc1nc2c(OCc3c(F)cccc3F)cccn2c1C(=O)NC1(c2nn(C(F)F)[nH]2)COC(C)(C)OC1. The number of imidazole rings is 1. The Morgan fingerprint density at radius 1 is 1.18 bits per heavy atom. The highest BCUT2D eigenvalue weighted by Gasteiger charge is 2.47. The number of hydrogen-bond donors (Lipinski definition) is 2. The number of fused-ring (bicyclic) bond motifs is 1. The number of hydrogen-bond acceptors (Lipinski definition) is 6. The van der Waals surface area contributed by atoms with E-state index in [1.807, 2.05) is 0 Å². The van der Waals surface area contributed by atoms with Crippen LogP contribution in [0, 0.1) is 18.6 Å². The molecule has 0 radical (unpaired) electrons. The van der Waals surface area contributed by atoms with Crippen molar-refractivity contribution in [1.29, 1.82) is 0 Å². The molecule has 38 heavy (non-hydrogen) atoms. The van der Waals surface area contributed by atoms with Crippen molar-refractivity contribution in [2.75, 3.05) is 13.2 Å². The van der Waals surface area contributed by atoms with Crippen LogP contribution in [0.2, 0.25) is 0 Å². The highest BCUT2D eigenvalue weighted by atomic mass is 19.3. The third-order valence-corrected chi connectivity index (χ3v) is 6.19. The summed E-state index contributed by atoms with van der Waals surface area (Å²) in [7, 11) is 0. The number of amides is 1. The number of pyridine rings is 1. The van der Waals surface area contributed by atoms with Crippen LogP contribution < -0.4 is 10.1 Å². The van der Waals surface area contributed by atoms with Crippen molar-refractivity contribution < 1.29 is 36.6 Å². The number of ether oxygens (including phenoxy) is 3. The van der Waals surface area contributed by atoms with Crippen molar-refractivity contribution in [3.05, 3.63) is 70.9 Å². The number of aromatic amines is 1. The maximum Gasteiger partial charge on any atom is 0.346 e. The summed E-state index contributed by atoms with van der Waals surface area (Å²) >= 11 is 0. The largest absolute Gasteiger partial charge is 0.485 e. The van der Waals surface area contributed by atoms with Gasteiger partial charge in [0, 0.05) is 6.20 Å². The Morgan fingerprint density at radius 2 is 1.84 bits per heavy atom. The van der Waals surface area contributed by atoms with Crippen molar-refractivity contribution in [3.8, 4) is 5.75 Å². The summed E-state index contributed by atoms with van der Waals surface area (Å²) in [5.41, 5.74) is -0.949. The zero-order valence-electron chi connectivity index (χ0n) is 20.6. The van der Waals surface area contributed by atoms with Crippen molar-refractivity contribution in [2.45, 2.75) is 45.3 Å². The smallest absolute Gasteiger partial charge is 0.346 e. The first kappa shape index (κ1) is 25.7. The highest BCUT2D eigenvalue weighted by molar-refractivity contribution is 5.95. The maximum atomic E-state index is 14.0. The van der Waals surface area contributed by atoms with Gasteiger partial charge >= 0.3 is 6.55 Å². The molecule has 1 aromatic carbocycles. The minimum Gasteiger partial charge on any atom is -0.485 e. The van der Waals surface area contributed by atoms with Crippen LogP contribution in [0.3, 0.4) is 0 Å². The number of benzene rings is 1. The normalized spacial score (nSPS) is 16.7. The van der Waals surface area contributed by atoms with Crippen LogP contribution in [0.4, 0.5) is 17.6 Å². The summed E-state index contributed by atoms with van der Waals surface area (Å²) in [6.07, 6.45) is 1.57. The van der Waals surface area contributed by atoms with Crippen LogP contribution in [0.1, 0.15) is 48.0 Å². The van der Waals surface area contributed by atoms with Crippen LogP contribution in [0.5, 0.6) is 5.75 Å². The second-order valence-electron chi connectivity index (χ2n) is 9.30. The molecule has 1 fully saturated rings. The van der Waals surface area contributed by atoms with Gasteiger partial charge in [0.25, 0.3) is 5.91 Å². The van der Waals surface area contributed by atoms with Gasteiger partial charge < -0.3 is 19.5 Å². The molecule has 1 aliphatic rings. The Kier molecular flexibility index (Phi) is 6.39. The number of carbonyl (C=O) groups excluding carboxylic acids is 1. The quantitative estimate of drug-likeness (QED) is 0.348. The molecule has 10 nitrogen and oxygen atoms in total. The molecule has 4 aromatic rings. The Morgan fingerprint density at radius 3 is 2.47 bits per heavy atom. The van der Waals surface area contributed by atoms with Crippen LogP contribution in [0.25, 0.3) is 5.65 Å². The lowest BCUT2D eigenvalue weighted by atomic mass is 9.98. The molecular weight excluding hydrogens is 512 g/mol. The topological polar surface area (TPSA) is 108 Å². The van der Waals surface area contributed by atoms with Crippen LogP contribution in [0.15, 0.2) is 36.5 Å². The molecule has 1 amide bonds. The minimum atomic E-state index is -2.88. The molecule has 0 atom stereocenters. The molecule has 14 heteroatoms. The summed E-state index contributed by atoms with van der Waals surface area (Å²) in [5.74, 6) is -2.83. The number of H-pyrrole nitrogens is 1. The number of aryl methyl sites for hydroxylation is 1. The van der Waals surface area contributed by atoms with E-state index >= 15 is 0 Å². The van der Waals surface area contributed by atoms with E-state index in [4.69, 9.17) is 14.2 Å². The third kappa shape index (κ3) is 4.60. The monoisotopic (exact) mass is 536 g/mol. The second kappa shape index (κ2) is 9.44. The first-order valence-electron chi connectivity index (χ1n) is 11.6. The van der Waals surface area contributed by atoms with E-state index in [9.17, 15) is 22.4 Å². The third-order valence-electron chi connectivity index (χ3n) is 6.19. The zero-order chi connectivity index (χ0) is 27.2. The lowest BCUT2D eigenvalue weighted by Crippen LogP contribution is -2.61. The Bertz CT molecular complexity index is 1450. The molecule has 0 unspecified atom stereocenters. The van der Waals surface area contributed by atoms with Crippen molar-refractivity contribution >= 4 is 11.6 Å². The maximum absolute atomic E-state index is 14.0. The molecule has 0 saturated carbocycles. The fraction of sp³-hybridized carbons (Fsp3) is 0.375. The predicted octanol–water partition coefficient (Wildman–Crippen LogP) is 3.83. The van der Waals surface area contributed by atoms with Gasteiger partial charge in [0.1, 0.15) is 29.5 Å². The molecule has 2 N–H and O–H groups in total. The first-order chi connectivity index (χ1) is 18.0. The van der Waals surface area contributed by atoms with E-state index in [2.05, 4.69) is 20.5 Å². The first-order valence-corrected chi connectivity index (χ1v) is 11.6. The fourth-order valence-corrected chi connectivity index (χ4v) is 4.10. The summed E-state index contributed by atoms with van der Waals surface area (Å²) in [5, 5.41) is 9.01. The van der Waals surface area contributed by atoms with Crippen LogP contribution >= 0.6 is 0 Å². The van der Waals surface area contributed by atoms with E-state index in [1.165, 1.54) is 10.5 Å². The second-order valence-corrected chi connectivity index (χ2v) is 9.30. The van der Waals surface area contributed by atoms with Gasteiger partial charge in [-0.1, -0.05) is 6.07 Å². The van der Waals surface area contributed by atoms with E-state index in [0.29, 0.717) is 10.5 Å². The van der Waals surface area contributed by atoms with Gasteiger partial charge in [-0.15, -0.1) is 9.90 Å². The van der Waals surface area contributed by atoms with Gasteiger partial charge in [-0.3, -0.25) is 14.3 Å². The number of rotatable bonds is 7. The zero-order valence-corrected chi connectivity index (χ0v) is 20.6. The molecule has 1 aliphatic heterocycles.